The highest BCUT2D eigenvalue weighted by molar-refractivity contribution is 5.80. The fourth-order valence-corrected chi connectivity index (χ4v) is 1.78. The van der Waals surface area contributed by atoms with Gasteiger partial charge in [-0.15, -0.1) is 0 Å². The predicted octanol–water partition coefficient (Wildman–Crippen LogP) is 1.26. The van der Waals surface area contributed by atoms with Crippen molar-refractivity contribution in [1.29, 1.82) is 0 Å². The van der Waals surface area contributed by atoms with Crippen molar-refractivity contribution in [3.05, 3.63) is 47.6 Å². The van der Waals surface area contributed by atoms with E-state index < -0.39 is 5.41 Å². The summed E-state index contributed by atoms with van der Waals surface area (Å²) in [6, 6.07) is 9.95. The Hall–Kier alpha value is -2.21. The number of primary amides is 1. The molecule has 3 N–H and O–H groups in total. The third-order valence-electron chi connectivity index (χ3n) is 3.23. The molecule has 0 unspecified atom stereocenters. The molecule has 6 heteroatoms. The fraction of sp³-hybridized carbons (Fsp3) is 0.400. The molecule has 0 atom stereocenters. The van der Waals surface area contributed by atoms with Crippen LogP contribution in [0, 0.1) is 5.41 Å². The molecule has 0 saturated heterocycles. The molecule has 0 radical (unpaired) electrons. The van der Waals surface area contributed by atoms with Crippen LogP contribution in [0.3, 0.4) is 0 Å². The number of carbonyl (C=O) groups excluding carboxylic acids is 1. The molecule has 0 bridgehead atoms. The normalized spacial score (nSPS) is 11.5. The lowest BCUT2D eigenvalue weighted by Crippen LogP contribution is -2.40. The van der Waals surface area contributed by atoms with Gasteiger partial charge in [-0.05, 0) is 19.4 Å². The van der Waals surface area contributed by atoms with Crippen LogP contribution in [0.2, 0.25) is 0 Å². The molecular weight excluding hydrogens is 268 g/mol. The maximum absolute atomic E-state index is 11.2. The molecule has 0 spiro atoms. The Morgan fingerprint density at radius 1 is 1.33 bits per heavy atom. The summed E-state index contributed by atoms with van der Waals surface area (Å²) >= 11 is 0. The quantitative estimate of drug-likeness (QED) is 0.800. The molecule has 0 aliphatic carbocycles. The van der Waals surface area contributed by atoms with Gasteiger partial charge in [0.25, 0.3) is 0 Å². The first-order valence-electron chi connectivity index (χ1n) is 6.83. The first-order chi connectivity index (χ1) is 9.97. The number of carbonyl (C=O) groups is 1. The number of benzene rings is 1. The van der Waals surface area contributed by atoms with Gasteiger partial charge >= 0.3 is 0 Å². The SMILES string of the molecule is CC(C)(CNCc1nc(Cc2ccccc2)no1)C(N)=O. The van der Waals surface area contributed by atoms with Gasteiger partial charge in [0.05, 0.1) is 12.0 Å². The maximum Gasteiger partial charge on any atom is 0.240 e. The van der Waals surface area contributed by atoms with Crippen LogP contribution in [0.1, 0.15) is 31.1 Å². The van der Waals surface area contributed by atoms with E-state index >= 15 is 0 Å². The second kappa shape index (κ2) is 6.49. The van der Waals surface area contributed by atoms with Gasteiger partial charge in [-0.1, -0.05) is 35.5 Å². The number of amides is 1. The molecular formula is C15H20N4O2. The maximum atomic E-state index is 11.2. The third kappa shape index (κ3) is 4.39. The summed E-state index contributed by atoms with van der Waals surface area (Å²) in [6.07, 6.45) is 0.636. The van der Waals surface area contributed by atoms with Crippen LogP contribution in [-0.2, 0) is 17.8 Å². The monoisotopic (exact) mass is 288 g/mol. The summed E-state index contributed by atoms with van der Waals surface area (Å²) in [6.45, 7) is 4.45. The Kier molecular flexibility index (Phi) is 4.70. The number of nitrogens with two attached hydrogens (primary N) is 1. The van der Waals surface area contributed by atoms with E-state index in [1.54, 1.807) is 13.8 Å². The van der Waals surface area contributed by atoms with E-state index in [2.05, 4.69) is 15.5 Å². The van der Waals surface area contributed by atoms with Crippen LogP contribution in [0.5, 0.6) is 0 Å². The second-order valence-electron chi connectivity index (χ2n) is 5.62. The molecule has 112 valence electrons. The zero-order valence-corrected chi connectivity index (χ0v) is 12.3. The van der Waals surface area contributed by atoms with Gasteiger partial charge in [0, 0.05) is 13.0 Å². The van der Waals surface area contributed by atoms with Crippen LogP contribution < -0.4 is 11.1 Å². The number of rotatable bonds is 7. The molecule has 0 fully saturated rings. The first-order valence-corrected chi connectivity index (χ1v) is 6.83. The topological polar surface area (TPSA) is 94.0 Å². The van der Waals surface area contributed by atoms with Gasteiger partial charge < -0.3 is 15.6 Å². The summed E-state index contributed by atoms with van der Waals surface area (Å²) in [5, 5.41) is 7.05. The van der Waals surface area contributed by atoms with Gasteiger partial charge in [-0.25, -0.2) is 0 Å². The average molecular weight is 288 g/mol. The van der Waals surface area contributed by atoms with Gasteiger partial charge in [-0.3, -0.25) is 4.79 Å². The largest absolute Gasteiger partial charge is 0.369 e. The van der Waals surface area contributed by atoms with E-state index in [4.69, 9.17) is 10.3 Å². The number of aromatic nitrogens is 2. The van der Waals surface area contributed by atoms with Crippen molar-refractivity contribution >= 4 is 5.91 Å². The third-order valence-corrected chi connectivity index (χ3v) is 3.23. The average Bonchev–Trinajstić information content (AvgIpc) is 2.87. The van der Waals surface area contributed by atoms with Gasteiger partial charge in [0.2, 0.25) is 11.8 Å². The number of nitrogens with one attached hydrogen (secondary N) is 1. The minimum Gasteiger partial charge on any atom is -0.369 e. The Morgan fingerprint density at radius 2 is 2.05 bits per heavy atom. The second-order valence-corrected chi connectivity index (χ2v) is 5.62. The lowest BCUT2D eigenvalue weighted by molar-refractivity contribution is -0.125. The molecule has 1 aromatic heterocycles. The van der Waals surface area contributed by atoms with Crippen molar-refractivity contribution in [1.82, 2.24) is 15.5 Å². The van der Waals surface area contributed by atoms with Crippen molar-refractivity contribution in [2.75, 3.05) is 6.54 Å². The van der Waals surface area contributed by atoms with Crippen LogP contribution in [0.25, 0.3) is 0 Å². The molecule has 1 amide bonds. The molecule has 0 aliphatic heterocycles. The molecule has 1 aromatic carbocycles. The van der Waals surface area contributed by atoms with Gasteiger partial charge in [-0.2, -0.15) is 4.98 Å². The van der Waals surface area contributed by atoms with E-state index in [1.165, 1.54) is 0 Å². The lowest BCUT2D eigenvalue weighted by atomic mass is 9.93. The Morgan fingerprint density at radius 3 is 2.71 bits per heavy atom. The van der Waals surface area contributed by atoms with E-state index in [0.29, 0.717) is 31.2 Å². The molecule has 1 heterocycles. The minimum atomic E-state index is -0.604. The molecule has 2 aromatic rings. The summed E-state index contributed by atoms with van der Waals surface area (Å²) in [4.78, 5) is 15.5. The standard InChI is InChI=1S/C15H20N4O2/c1-15(2,14(16)20)10-17-9-13-18-12(19-21-13)8-11-6-4-3-5-7-11/h3-7,17H,8-10H2,1-2H3,(H2,16,20). The van der Waals surface area contributed by atoms with E-state index in [9.17, 15) is 4.79 Å². The van der Waals surface area contributed by atoms with Gasteiger partial charge in [0.15, 0.2) is 5.82 Å². The molecule has 21 heavy (non-hydrogen) atoms. The van der Waals surface area contributed by atoms with E-state index in [1.807, 2.05) is 30.3 Å². The predicted molar refractivity (Wildman–Crippen MR) is 78.2 cm³/mol. The lowest BCUT2D eigenvalue weighted by Gasteiger charge is -2.19. The summed E-state index contributed by atoms with van der Waals surface area (Å²) in [7, 11) is 0. The Labute approximate surface area is 123 Å². The van der Waals surface area contributed by atoms with Crippen LogP contribution >= 0.6 is 0 Å². The van der Waals surface area contributed by atoms with E-state index in [0.717, 1.165) is 5.56 Å². The summed E-state index contributed by atoms with van der Waals surface area (Å²) in [5.41, 5.74) is 5.84. The molecule has 2 rings (SSSR count). The molecule has 6 nitrogen and oxygen atoms in total. The molecule has 0 saturated carbocycles. The summed E-state index contributed by atoms with van der Waals surface area (Å²) < 4.78 is 5.17. The van der Waals surface area contributed by atoms with Crippen LogP contribution in [0.4, 0.5) is 0 Å². The van der Waals surface area contributed by atoms with Crippen LogP contribution in [-0.4, -0.2) is 22.6 Å². The van der Waals surface area contributed by atoms with Crippen molar-refractivity contribution in [2.45, 2.75) is 26.8 Å². The highest BCUT2D eigenvalue weighted by Gasteiger charge is 2.24. The van der Waals surface area contributed by atoms with Crippen molar-refractivity contribution in [2.24, 2.45) is 11.1 Å². The number of hydrogen-bond donors (Lipinski definition) is 2. The highest BCUT2D eigenvalue weighted by Crippen LogP contribution is 2.12. The van der Waals surface area contributed by atoms with Crippen molar-refractivity contribution in [3.8, 4) is 0 Å². The van der Waals surface area contributed by atoms with Gasteiger partial charge in [0.1, 0.15) is 0 Å². The minimum absolute atomic E-state index is 0.342. The number of nitrogens with zero attached hydrogens (tertiary/aromatic N) is 2. The van der Waals surface area contributed by atoms with Crippen LogP contribution in [0.15, 0.2) is 34.9 Å². The van der Waals surface area contributed by atoms with Crippen molar-refractivity contribution < 1.29 is 9.32 Å². The van der Waals surface area contributed by atoms with Crippen molar-refractivity contribution in [3.63, 3.8) is 0 Å². The first kappa shape index (κ1) is 15.2. The molecule has 0 aliphatic rings. The smallest absolute Gasteiger partial charge is 0.240 e. The summed E-state index contributed by atoms with van der Waals surface area (Å²) in [5.74, 6) is 0.804. The number of hydrogen-bond acceptors (Lipinski definition) is 5. The Balaban J connectivity index is 1.85. The van der Waals surface area contributed by atoms with E-state index in [-0.39, 0.29) is 5.91 Å². The zero-order chi connectivity index (χ0) is 15.3. The zero-order valence-electron chi connectivity index (χ0n) is 12.3. The Bertz CT molecular complexity index is 593. The highest BCUT2D eigenvalue weighted by atomic mass is 16.5. The fourth-order valence-electron chi connectivity index (χ4n) is 1.78.